The maximum atomic E-state index is 4.10. The van der Waals surface area contributed by atoms with Gasteiger partial charge in [0.2, 0.25) is 0 Å². The molecule has 0 amide bonds. The van der Waals surface area contributed by atoms with Crippen molar-refractivity contribution in [2.24, 2.45) is 0 Å². The molecule has 2 nitrogen and oxygen atoms in total. The van der Waals surface area contributed by atoms with Gasteiger partial charge in [-0.15, -0.1) is 13.2 Å². The van der Waals surface area contributed by atoms with Crippen LogP contribution in [0.1, 0.15) is 38.8 Å². The maximum Gasteiger partial charge on any atom is 0.0546 e. The van der Waals surface area contributed by atoms with E-state index < -0.39 is 0 Å². The highest BCUT2D eigenvalue weighted by Crippen LogP contribution is 2.48. The lowest BCUT2D eigenvalue weighted by molar-refractivity contribution is 0.672. The molecule has 0 spiro atoms. The smallest absolute Gasteiger partial charge is 0.0546 e. The minimum atomic E-state index is -0.125. The number of fused-ring (bicyclic) bond motifs is 5. The fraction of sp³-hybridized carbons (Fsp3) is 0.115. The van der Waals surface area contributed by atoms with E-state index in [1.54, 1.807) is 0 Å². The first kappa shape index (κ1) is 34.7. The quantitative estimate of drug-likeness (QED) is 0.104. The van der Waals surface area contributed by atoms with Crippen LogP contribution in [0.3, 0.4) is 0 Å². The molecular formula is C52H46N2. The normalized spacial score (nSPS) is 11.9. The summed E-state index contributed by atoms with van der Waals surface area (Å²) in [5.41, 5.74) is 8.92. The van der Waals surface area contributed by atoms with E-state index >= 15 is 0 Å². The van der Waals surface area contributed by atoms with Gasteiger partial charge in [-0.3, -0.25) is 0 Å². The number of benzene rings is 8. The van der Waals surface area contributed by atoms with Gasteiger partial charge in [-0.05, 0) is 93.3 Å². The molecule has 0 bridgehead atoms. The van der Waals surface area contributed by atoms with Crippen molar-refractivity contribution in [1.29, 1.82) is 0 Å². The number of hydrogen-bond acceptors (Lipinski definition) is 2. The molecule has 0 aliphatic rings. The van der Waals surface area contributed by atoms with E-state index in [0.717, 1.165) is 34.1 Å². The van der Waals surface area contributed by atoms with Crippen LogP contribution in [0, 0.1) is 0 Å². The number of rotatable bonds is 10. The fourth-order valence-electron chi connectivity index (χ4n) is 7.61. The Morgan fingerprint density at radius 1 is 0.352 bits per heavy atom. The predicted molar refractivity (Wildman–Crippen MR) is 235 cm³/mol. The Balaban J connectivity index is 1.40. The van der Waals surface area contributed by atoms with Gasteiger partial charge in [-0.25, -0.2) is 0 Å². The van der Waals surface area contributed by atoms with Crippen LogP contribution >= 0.6 is 0 Å². The highest BCUT2D eigenvalue weighted by Gasteiger charge is 2.23. The zero-order valence-electron chi connectivity index (χ0n) is 31.6. The van der Waals surface area contributed by atoms with Gasteiger partial charge in [0.15, 0.2) is 0 Å². The van der Waals surface area contributed by atoms with E-state index in [1.807, 2.05) is 12.2 Å². The molecule has 2 heteroatoms. The van der Waals surface area contributed by atoms with Crippen molar-refractivity contribution < 1.29 is 0 Å². The first-order valence-corrected chi connectivity index (χ1v) is 18.8. The molecule has 0 saturated carbocycles. The highest BCUT2D eigenvalue weighted by atomic mass is 15.1. The molecule has 54 heavy (non-hydrogen) atoms. The minimum absolute atomic E-state index is 0.125. The molecule has 0 N–H and O–H groups in total. The van der Waals surface area contributed by atoms with Gasteiger partial charge in [0.1, 0.15) is 0 Å². The maximum absolute atomic E-state index is 4.10. The lowest BCUT2D eigenvalue weighted by Crippen LogP contribution is -2.15. The summed E-state index contributed by atoms with van der Waals surface area (Å²) in [6, 6.07) is 61.8. The van der Waals surface area contributed by atoms with Gasteiger partial charge < -0.3 is 9.80 Å². The molecule has 0 saturated heterocycles. The van der Waals surface area contributed by atoms with Crippen molar-refractivity contribution in [2.75, 3.05) is 9.80 Å². The number of allylic oxidation sites excluding steroid dienone is 2. The Morgan fingerprint density at radius 3 is 0.981 bits per heavy atom. The summed E-state index contributed by atoms with van der Waals surface area (Å²) in [5.74, 6) is 0. The second-order valence-electron chi connectivity index (χ2n) is 15.3. The third-order valence-electron chi connectivity index (χ3n) is 11.1. The van der Waals surface area contributed by atoms with Crippen LogP contribution in [0.25, 0.3) is 32.3 Å². The van der Waals surface area contributed by atoms with E-state index in [-0.39, 0.29) is 10.8 Å². The van der Waals surface area contributed by atoms with Gasteiger partial charge in [0.05, 0.1) is 11.4 Å². The van der Waals surface area contributed by atoms with Crippen molar-refractivity contribution in [3.63, 3.8) is 0 Å². The lowest BCUT2D eigenvalue weighted by atomic mass is 9.85. The van der Waals surface area contributed by atoms with Crippen LogP contribution in [-0.4, -0.2) is 0 Å². The summed E-state index contributed by atoms with van der Waals surface area (Å²) in [6.45, 7) is 17.0. The van der Waals surface area contributed by atoms with Gasteiger partial charge in [-0.1, -0.05) is 149 Å². The molecule has 0 atom stereocenters. The monoisotopic (exact) mass is 698 g/mol. The molecule has 0 aliphatic carbocycles. The topological polar surface area (TPSA) is 6.48 Å². The number of anilines is 6. The Hall–Kier alpha value is -6.38. The van der Waals surface area contributed by atoms with Crippen LogP contribution in [0.5, 0.6) is 0 Å². The van der Waals surface area contributed by atoms with Crippen molar-refractivity contribution in [1.82, 2.24) is 0 Å². The summed E-state index contributed by atoms with van der Waals surface area (Å²) in [4.78, 5) is 4.80. The highest BCUT2D eigenvalue weighted by molar-refractivity contribution is 6.24. The van der Waals surface area contributed by atoms with Crippen LogP contribution in [-0.2, 0) is 10.8 Å². The molecule has 0 aliphatic heterocycles. The van der Waals surface area contributed by atoms with E-state index in [4.69, 9.17) is 0 Å². The van der Waals surface area contributed by atoms with Crippen LogP contribution < -0.4 is 9.80 Å². The molecule has 264 valence electrons. The average Bonchev–Trinajstić information content (AvgIpc) is 3.22. The summed E-state index contributed by atoms with van der Waals surface area (Å²) >= 11 is 0. The molecule has 0 unspecified atom stereocenters. The van der Waals surface area contributed by atoms with Gasteiger partial charge in [0.25, 0.3) is 0 Å². The molecule has 0 fully saturated rings. The van der Waals surface area contributed by atoms with Crippen LogP contribution in [0.15, 0.2) is 195 Å². The van der Waals surface area contributed by atoms with Gasteiger partial charge in [0, 0.05) is 44.4 Å². The van der Waals surface area contributed by atoms with E-state index in [9.17, 15) is 0 Å². The number of nitrogens with zero attached hydrogens (tertiary/aromatic N) is 2. The summed E-state index contributed by atoms with van der Waals surface area (Å²) in [5, 5.41) is 7.21. The van der Waals surface area contributed by atoms with E-state index in [2.05, 4.69) is 221 Å². The van der Waals surface area contributed by atoms with Gasteiger partial charge in [-0.2, -0.15) is 0 Å². The molecular weight excluding hydrogens is 653 g/mol. The Kier molecular flexibility index (Phi) is 8.91. The predicted octanol–water partition coefficient (Wildman–Crippen LogP) is 15.0. The molecule has 0 radical (unpaired) electrons. The van der Waals surface area contributed by atoms with Gasteiger partial charge >= 0.3 is 0 Å². The SMILES string of the molecule is C=CC(C)(C)c1ccc(N(c2ccccc2)c2cc3c4ccccc4c(N(c4ccccc4)c4ccc(C(C)(C)C=C)cc4)cc3c3ccccc23)cc1. The first-order valence-electron chi connectivity index (χ1n) is 18.8. The minimum Gasteiger partial charge on any atom is -0.310 e. The second kappa shape index (κ2) is 13.9. The number of hydrogen-bond donors (Lipinski definition) is 0. The summed E-state index contributed by atoms with van der Waals surface area (Å²) in [7, 11) is 0. The van der Waals surface area contributed by atoms with Crippen LogP contribution in [0.2, 0.25) is 0 Å². The number of para-hydroxylation sites is 2. The third-order valence-corrected chi connectivity index (χ3v) is 11.1. The van der Waals surface area contributed by atoms with Crippen molar-refractivity contribution in [3.8, 4) is 0 Å². The first-order chi connectivity index (χ1) is 26.2. The Bertz CT molecular complexity index is 2430. The van der Waals surface area contributed by atoms with Crippen molar-refractivity contribution in [3.05, 3.63) is 206 Å². The Morgan fingerprint density at radius 2 is 0.648 bits per heavy atom. The van der Waals surface area contributed by atoms with Crippen LogP contribution in [0.4, 0.5) is 34.1 Å². The van der Waals surface area contributed by atoms with E-state index in [1.165, 1.54) is 43.4 Å². The summed E-state index contributed by atoms with van der Waals surface area (Å²) in [6.07, 6.45) is 4.04. The lowest BCUT2D eigenvalue weighted by Gasteiger charge is -2.30. The summed E-state index contributed by atoms with van der Waals surface area (Å²) < 4.78 is 0. The van der Waals surface area contributed by atoms with Crippen molar-refractivity contribution in [2.45, 2.75) is 38.5 Å². The zero-order valence-corrected chi connectivity index (χ0v) is 31.6. The van der Waals surface area contributed by atoms with E-state index in [0.29, 0.717) is 0 Å². The average molecular weight is 699 g/mol. The standard InChI is InChI=1S/C52H46N2/c1-7-51(3,4)37-27-31-41(32-28-37)53(39-19-11-9-12-20-39)49-35-47-44-24-16-18-26-46(44)50(36-48(47)43-23-15-17-25-45(43)49)54(40-21-13-10-14-22-40)42-33-29-38(30-34-42)52(5,6)8-2/h7-36H,1-2H2,3-6H3. The van der Waals surface area contributed by atoms with Crippen molar-refractivity contribution >= 4 is 66.4 Å². The fourth-order valence-corrected chi connectivity index (χ4v) is 7.61. The molecule has 8 aromatic carbocycles. The molecule has 0 heterocycles. The largest absolute Gasteiger partial charge is 0.310 e. The molecule has 0 aromatic heterocycles. The zero-order chi connectivity index (χ0) is 37.5. The Labute approximate surface area is 319 Å². The third kappa shape index (κ3) is 6.14. The molecule has 8 aromatic rings. The second-order valence-corrected chi connectivity index (χ2v) is 15.3. The molecule has 8 rings (SSSR count).